The Balaban J connectivity index is 1.88. The van der Waals surface area contributed by atoms with Crippen molar-refractivity contribution in [3.05, 3.63) is 35.4 Å². The van der Waals surface area contributed by atoms with E-state index in [0.29, 0.717) is 5.56 Å². The molecule has 134 valence electrons. The third-order valence-corrected chi connectivity index (χ3v) is 3.86. The fraction of sp³-hybridized carbons (Fsp3) is 0.412. The van der Waals surface area contributed by atoms with Gasteiger partial charge in [0.25, 0.3) is 17.7 Å². The SMILES string of the molecule is CN1CC(=O)N(CC(=O)NNC(=O)c2ccc(C(C)(C)C)cc2)C1=O. The standard InChI is InChI=1S/C17H22N4O4/c1-17(2,3)12-7-5-11(6-8-12)15(24)19-18-13(22)9-21-14(23)10-20(4)16(21)25/h5-8H,9-10H2,1-4H3,(H,18,22)(H,19,24). The highest BCUT2D eigenvalue weighted by Gasteiger charge is 2.34. The van der Waals surface area contributed by atoms with E-state index in [9.17, 15) is 19.2 Å². The second-order valence-electron chi connectivity index (χ2n) is 6.95. The molecule has 1 aromatic rings. The Morgan fingerprint density at radius 3 is 2.16 bits per heavy atom. The van der Waals surface area contributed by atoms with Crippen LogP contribution < -0.4 is 10.9 Å². The highest BCUT2D eigenvalue weighted by molar-refractivity contribution is 6.04. The molecule has 0 radical (unpaired) electrons. The van der Waals surface area contributed by atoms with E-state index in [1.54, 1.807) is 12.1 Å². The van der Waals surface area contributed by atoms with Crippen LogP contribution in [0.2, 0.25) is 0 Å². The van der Waals surface area contributed by atoms with Gasteiger partial charge in [0.1, 0.15) is 13.1 Å². The largest absolute Gasteiger partial charge is 0.327 e. The fourth-order valence-corrected chi connectivity index (χ4v) is 2.33. The summed E-state index contributed by atoms with van der Waals surface area (Å²) in [5.41, 5.74) is 5.93. The van der Waals surface area contributed by atoms with Gasteiger partial charge >= 0.3 is 6.03 Å². The number of urea groups is 1. The Kier molecular flexibility index (Phi) is 5.10. The number of hydrogen-bond acceptors (Lipinski definition) is 4. The molecule has 1 aromatic carbocycles. The first-order valence-corrected chi connectivity index (χ1v) is 7.85. The minimum atomic E-state index is -0.656. The van der Waals surface area contributed by atoms with Crippen LogP contribution in [0.1, 0.15) is 36.7 Å². The molecular formula is C17H22N4O4. The lowest BCUT2D eigenvalue weighted by Crippen LogP contribution is -2.47. The number of rotatable bonds is 3. The van der Waals surface area contributed by atoms with Crippen LogP contribution in [-0.2, 0) is 15.0 Å². The van der Waals surface area contributed by atoms with Crippen molar-refractivity contribution in [2.24, 2.45) is 0 Å². The molecule has 1 saturated heterocycles. The summed E-state index contributed by atoms with van der Waals surface area (Å²) in [5, 5.41) is 0. The molecule has 0 aliphatic carbocycles. The van der Waals surface area contributed by atoms with Gasteiger partial charge in [-0.1, -0.05) is 32.9 Å². The Morgan fingerprint density at radius 2 is 1.68 bits per heavy atom. The summed E-state index contributed by atoms with van der Waals surface area (Å²) in [7, 11) is 1.47. The monoisotopic (exact) mass is 346 g/mol. The van der Waals surface area contributed by atoms with E-state index in [-0.39, 0.29) is 12.0 Å². The predicted molar refractivity (Wildman–Crippen MR) is 90.5 cm³/mol. The molecule has 25 heavy (non-hydrogen) atoms. The fourth-order valence-electron chi connectivity index (χ4n) is 2.33. The number of carbonyl (C=O) groups excluding carboxylic acids is 4. The molecule has 0 spiro atoms. The van der Waals surface area contributed by atoms with Crippen molar-refractivity contribution < 1.29 is 19.2 Å². The molecule has 0 aromatic heterocycles. The van der Waals surface area contributed by atoms with E-state index in [1.165, 1.54) is 11.9 Å². The van der Waals surface area contributed by atoms with Gasteiger partial charge in [-0.25, -0.2) is 4.79 Å². The molecular weight excluding hydrogens is 324 g/mol. The second-order valence-corrected chi connectivity index (χ2v) is 6.95. The highest BCUT2D eigenvalue weighted by Crippen LogP contribution is 2.22. The average molecular weight is 346 g/mol. The number of likely N-dealkylation sites (N-methyl/N-ethyl adjacent to an activating group) is 1. The molecule has 2 N–H and O–H groups in total. The molecule has 0 atom stereocenters. The molecule has 0 bridgehead atoms. The number of nitrogens with zero attached hydrogens (tertiary/aromatic N) is 2. The zero-order valence-corrected chi connectivity index (χ0v) is 14.8. The van der Waals surface area contributed by atoms with Crippen LogP contribution >= 0.6 is 0 Å². The molecule has 5 amide bonds. The summed E-state index contributed by atoms with van der Waals surface area (Å²) >= 11 is 0. The third kappa shape index (κ3) is 4.34. The molecule has 8 nitrogen and oxygen atoms in total. The quantitative estimate of drug-likeness (QED) is 0.620. The summed E-state index contributed by atoms with van der Waals surface area (Å²) in [6, 6.07) is 6.52. The first-order valence-electron chi connectivity index (χ1n) is 7.85. The van der Waals surface area contributed by atoms with Gasteiger partial charge in [-0.05, 0) is 23.1 Å². The van der Waals surface area contributed by atoms with E-state index < -0.39 is 30.3 Å². The summed E-state index contributed by atoms with van der Waals surface area (Å²) < 4.78 is 0. The first-order chi connectivity index (χ1) is 11.6. The topological polar surface area (TPSA) is 98.8 Å². The maximum absolute atomic E-state index is 12.0. The van der Waals surface area contributed by atoms with Gasteiger partial charge < -0.3 is 4.90 Å². The molecule has 1 aliphatic rings. The van der Waals surface area contributed by atoms with Crippen LogP contribution in [0.5, 0.6) is 0 Å². The number of carbonyl (C=O) groups is 4. The molecule has 1 fully saturated rings. The van der Waals surface area contributed by atoms with Crippen molar-refractivity contribution in [2.45, 2.75) is 26.2 Å². The van der Waals surface area contributed by atoms with Crippen LogP contribution in [0, 0.1) is 0 Å². The van der Waals surface area contributed by atoms with Crippen molar-refractivity contribution >= 4 is 23.8 Å². The molecule has 1 heterocycles. The molecule has 8 heteroatoms. The third-order valence-electron chi connectivity index (χ3n) is 3.86. The molecule has 1 aliphatic heterocycles. The minimum Gasteiger partial charge on any atom is -0.318 e. The Bertz CT molecular complexity index is 706. The second kappa shape index (κ2) is 6.92. The maximum atomic E-state index is 12.0. The minimum absolute atomic E-state index is 0.0226. The summed E-state index contributed by atoms with van der Waals surface area (Å²) in [4.78, 5) is 49.2. The van der Waals surface area contributed by atoms with E-state index in [0.717, 1.165) is 10.5 Å². The number of imide groups is 1. The van der Waals surface area contributed by atoms with Crippen molar-refractivity contribution in [2.75, 3.05) is 20.1 Å². The predicted octanol–water partition coefficient (Wildman–Crippen LogP) is 0.639. The van der Waals surface area contributed by atoms with Gasteiger partial charge in [0, 0.05) is 12.6 Å². The molecule has 0 unspecified atom stereocenters. The van der Waals surface area contributed by atoms with Crippen molar-refractivity contribution in [1.29, 1.82) is 0 Å². The maximum Gasteiger partial charge on any atom is 0.327 e. The van der Waals surface area contributed by atoms with E-state index in [4.69, 9.17) is 0 Å². The van der Waals surface area contributed by atoms with Crippen molar-refractivity contribution in [3.63, 3.8) is 0 Å². The van der Waals surface area contributed by atoms with E-state index in [2.05, 4.69) is 31.6 Å². The highest BCUT2D eigenvalue weighted by atomic mass is 16.2. The number of amides is 5. The Hall–Kier alpha value is -2.90. The lowest BCUT2D eigenvalue weighted by molar-refractivity contribution is -0.131. The zero-order valence-electron chi connectivity index (χ0n) is 14.8. The van der Waals surface area contributed by atoms with Crippen molar-refractivity contribution in [1.82, 2.24) is 20.7 Å². The van der Waals surface area contributed by atoms with E-state index >= 15 is 0 Å². The van der Waals surface area contributed by atoms with Crippen LogP contribution in [0.4, 0.5) is 4.79 Å². The van der Waals surface area contributed by atoms with Gasteiger partial charge in [0.05, 0.1) is 0 Å². The molecule has 0 saturated carbocycles. The first kappa shape index (κ1) is 18.4. The van der Waals surface area contributed by atoms with Gasteiger partial charge in [-0.3, -0.25) is 30.1 Å². The lowest BCUT2D eigenvalue weighted by Gasteiger charge is -2.19. The smallest absolute Gasteiger partial charge is 0.318 e. The normalized spacial score (nSPS) is 14.7. The van der Waals surface area contributed by atoms with Crippen molar-refractivity contribution in [3.8, 4) is 0 Å². The van der Waals surface area contributed by atoms with Crippen LogP contribution in [0.3, 0.4) is 0 Å². The summed E-state index contributed by atoms with van der Waals surface area (Å²) in [5.74, 6) is -1.59. The van der Waals surface area contributed by atoms with Gasteiger partial charge in [0.15, 0.2) is 0 Å². The van der Waals surface area contributed by atoms with Crippen LogP contribution in [-0.4, -0.2) is 53.7 Å². The van der Waals surface area contributed by atoms with Crippen LogP contribution in [0.15, 0.2) is 24.3 Å². The Morgan fingerprint density at radius 1 is 1.08 bits per heavy atom. The van der Waals surface area contributed by atoms with Gasteiger partial charge in [-0.15, -0.1) is 0 Å². The van der Waals surface area contributed by atoms with E-state index in [1.807, 2.05) is 12.1 Å². The number of hydrazine groups is 1. The molecule has 2 rings (SSSR count). The summed E-state index contributed by atoms with van der Waals surface area (Å²) in [6.45, 7) is 5.71. The number of benzene rings is 1. The summed E-state index contributed by atoms with van der Waals surface area (Å²) in [6.07, 6.45) is 0. The lowest BCUT2D eigenvalue weighted by atomic mass is 9.87. The van der Waals surface area contributed by atoms with Crippen LogP contribution in [0.25, 0.3) is 0 Å². The van der Waals surface area contributed by atoms with Gasteiger partial charge in [-0.2, -0.15) is 0 Å². The average Bonchev–Trinajstić information content (AvgIpc) is 2.78. The Labute approximate surface area is 146 Å². The number of nitrogens with one attached hydrogen (secondary N) is 2. The van der Waals surface area contributed by atoms with Gasteiger partial charge in [0.2, 0.25) is 0 Å². The number of hydrogen-bond donors (Lipinski definition) is 2. The zero-order chi connectivity index (χ0) is 18.8.